The Morgan fingerprint density at radius 2 is 1.79 bits per heavy atom. The number of unbranched alkanes of at least 4 members (excludes halogenated alkanes) is 1. The highest BCUT2D eigenvalue weighted by molar-refractivity contribution is 6.42. The van der Waals surface area contributed by atoms with Crippen LogP contribution < -0.4 is 15.6 Å². The van der Waals surface area contributed by atoms with Crippen molar-refractivity contribution in [3.8, 4) is 11.4 Å². The molecule has 0 radical (unpaired) electrons. The number of urea groups is 1. The maximum Gasteiger partial charge on any atom is 0.322 e. The van der Waals surface area contributed by atoms with E-state index in [4.69, 9.17) is 32.9 Å². The molecule has 0 saturated carbocycles. The number of carbonyl (C=O) groups excluding carboxylic acids is 1. The molecule has 198 valence electrons. The van der Waals surface area contributed by atoms with Crippen molar-refractivity contribution in [1.82, 2.24) is 14.5 Å². The minimum Gasteiger partial charge on any atom is -0.494 e. The van der Waals surface area contributed by atoms with Gasteiger partial charge in [-0.1, -0.05) is 48.7 Å². The standard InChI is InChI=1S/C29H30Cl2N4O3/c1-4-6-17-34(29(37)32-20-11-16-24(30)25(31)18-20)19(3)27-33-26-10-8-7-9-23(26)28(36)35(27)21-12-14-22(15-13-21)38-5-2/h7-16,18-19H,4-6,17H2,1-3H3,(H,32,37). The summed E-state index contributed by atoms with van der Waals surface area (Å²) in [4.78, 5) is 33.9. The van der Waals surface area contributed by atoms with Crippen LogP contribution in [0.5, 0.6) is 5.75 Å². The maximum atomic E-state index is 13.8. The Kier molecular flexibility index (Phi) is 8.92. The van der Waals surface area contributed by atoms with Gasteiger partial charge < -0.3 is 15.0 Å². The van der Waals surface area contributed by atoms with Crippen molar-refractivity contribution < 1.29 is 9.53 Å². The number of para-hydroxylation sites is 1. The van der Waals surface area contributed by atoms with E-state index in [0.717, 1.165) is 12.8 Å². The lowest BCUT2D eigenvalue weighted by Gasteiger charge is -2.30. The van der Waals surface area contributed by atoms with E-state index in [1.165, 1.54) is 0 Å². The number of nitrogens with zero attached hydrogens (tertiary/aromatic N) is 3. The predicted molar refractivity (Wildman–Crippen MR) is 154 cm³/mol. The zero-order chi connectivity index (χ0) is 27.2. The molecule has 9 heteroatoms. The smallest absolute Gasteiger partial charge is 0.322 e. The number of anilines is 1. The van der Waals surface area contributed by atoms with Crippen LogP contribution >= 0.6 is 23.2 Å². The van der Waals surface area contributed by atoms with E-state index in [2.05, 4.69) is 12.2 Å². The maximum absolute atomic E-state index is 13.8. The Morgan fingerprint density at radius 1 is 1.05 bits per heavy atom. The number of hydrogen-bond donors (Lipinski definition) is 1. The molecule has 1 atom stereocenters. The fraction of sp³-hybridized carbons (Fsp3) is 0.276. The van der Waals surface area contributed by atoms with E-state index in [0.29, 0.717) is 57.0 Å². The average Bonchev–Trinajstić information content (AvgIpc) is 2.91. The molecule has 1 unspecified atom stereocenters. The summed E-state index contributed by atoms with van der Waals surface area (Å²) in [5.41, 5.74) is 1.52. The molecule has 1 aromatic heterocycles. The van der Waals surface area contributed by atoms with Crippen LogP contribution in [-0.2, 0) is 0 Å². The SMILES string of the molecule is CCCCN(C(=O)Nc1ccc(Cl)c(Cl)c1)C(C)c1nc2ccccc2c(=O)n1-c1ccc(OCC)cc1. The normalized spacial score (nSPS) is 11.8. The predicted octanol–water partition coefficient (Wildman–Crippen LogP) is 7.49. The van der Waals surface area contributed by atoms with Crippen molar-refractivity contribution in [3.05, 3.63) is 93.0 Å². The van der Waals surface area contributed by atoms with Gasteiger partial charge in [-0.25, -0.2) is 9.78 Å². The molecule has 4 aromatic rings. The molecule has 1 heterocycles. The van der Waals surface area contributed by atoms with Gasteiger partial charge in [-0.15, -0.1) is 0 Å². The van der Waals surface area contributed by atoms with E-state index in [-0.39, 0.29) is 11.6 Å². The van der Waals surface area contributed by atoms with Crippen molar-refractivity contribution in [2.75, 3.05) is 18.5 Å². The first-order valence-electron chi connectivity index (χ1n) is 12.6. The van der Waals surface area contributed by atoms with Gasteiger partial charge in [0, 0.05) is 12.2 Å². The summed E-state index contributed by atoms with van der Waals surface area (Å²) >= 11 is 12.2. The molecule has 1 N–H and O–H groups in total. The first kappa shape index (κ1) is 27.5. The molecule has 2 amide bonds. The van der Waals surface area contributed by atoms with Crippen LogP contribution in [0.15, 0.2) is 71.5 Å². The minimum atomic E-state index is -0.534. The van der Waals surface area contributed by atoms with Crippen molar-refractivity contribution in [3.63, 3.8) is 0 Å². The highest BCUT2D eigenvalue weighted by Crippen LogP contribution is 2.28. The Labute approximate surface area is 232 Å². The summed E-state index contributed by atoms with van der Waals surface area (Å²) < 4.78 is 7.16. The van der Waals surface area contributed by atoms with E-state index in [9.17, 15) is 9.59 Å². The zero-order valence-corrected chi connectivity index (χ0v) is 23.1. The van der Waals surface area contributed by atoms with Crippen molar-refractivity contribution in [1.29, 1.82) is 0 Å². The summed E-state index contributed by atoms with van der Waals surface area (Å²) in [6.45, 7) is 6.87. The van der Waals surface area contributed by atoms with Crippen LogP contribution in [0.25, 0.3) is 16.6 Å². The molecular formula is C29H30Cl2N4O3. The van der Waals surface area contributed by atoms with Gasteiger partial charge in [0.05, 0.1) is 39.3 Å². The molecule has 0 aliphatic rings. The van der Waals surface area contributed by atoms with Gasteiger partial charge in [0.2, 0.25) is 0 Å². The molecule has 0 spiro atoms. The highest BCUT2D eigenvalue weighted by Gasteiger charge is 2.27. The number of fused-ring (bicyclic) bond motifs is 1. The first-order valence-corrected chi connectivity index (χ1v) is 13.4. The zero-order valence-electron chi connectivity index (χ0n) is 21.6. The summed E-state index contributed by atoms with van der Waals surface area (Å²) in [5.74, 6) is 1.16. The highest BCUT2D eigenvalue weighted by atomic mass is 35.5. The fourth-order valence-corrected chi connectivity index (χ4v) is 4.54. The van der Waals surface area contributed by atoms with Crippen LogP contribution in [-0.4, -0.2) is 33.6 Å². The number of hydrogen-bond acceptors (Lipinski definition) is 4. The molecule has 0 aliphatic carbocycles. The summed E-state index contributed by atoms with van der Waals surface area (Å²) in [5, 5.41) is 4.16. The molecule has 0 saturated heterocycles. The number of benzene rings is 3. The van der Waals surface area contributed by atoms with Gasteiger partial charge in [0.15, 0.2) is 0 Å². The Bertz CT molecular complexity index is 1490. The van der Waals surface area contributed by atoms with Crippen molar-refractivity contribution >= 4 is 45.8 Å². The minimum absolute atomic E-state index is 0.207. The Morgan fingerprint density at radius 3 is 2.47 bits per heavy atom. The lowest BCUT2D eigenvalue weighted by Crippen LogP contribution is -2.40. The summed E-state index contributed by atoms with van der Waals surface area (Å²) in [6, 6.07) is 18.6. The van der Waals surface area contributed by atoms with Crippen molar-refractivity contribution in [2.45, 2.75) is 39.7 Å². The fourth-order valence-electron chi connectivity index (χ4n) is 4.25. The number of halogens is 2. The van der Waals surface area contributed by atoms with E-state index < -0.39 is 6.04 Å². The molecule has 0 bridgehead atoms. The van der Waals surface area contributed by atoms with Crippen LogP contribution in [0.2, 0.25) is 10.0 Å². The van der Waals surface area contributed by atoms with Crippen LogP contribution in [0.1, 0.15) is 45.5 Å². The van der Waals surface area contributed by atoms with Gasteiger partial charge in [0.25, 0.3) is 5.56 Å². The average molecular weight is 553 g/mol. The molecule has 7 nitrogen and oxygen atoms in total. The van der Waals surface area contributed by atoms with Gasteiger partial charge in [-0.2, -0.15) is 0 Å². The second-order valence-electron chi connectivity index (χ2n) is 8.84. The molecule has 4 rings (SSSR count). The number of ether oxygens (including phenoxy) is 1. The van der Waals surface area contributed by atoms with E-state index >= 15 is 0 Å². The third kappa shape index (κ3) is 5.95. The lowest BCUT2D eigenvalue weighted by molar-refractivity contribution is 0.188. The van der Waals surface area contributed by atoms with Crippen LogP contribution in [0.3, 0.4) is 0 Å². The third-order valence-corrected chi connectivity index (χ3v) is 6.97. The number of nitrogens with one attached hydrogen (secondary N) is 1. The number of carbonyl (C=O) groups is 1. The van der Waals surface area contributed by atoms with Gasteiger partial charge in [0.1, 0.15) is 11.6 Å². The molecular weight excluding hydrogens is 523 g/mol. The van der Waals surface area contributed by atoms with Gasteiger partial charge in [-0.05, 0) is 74.9 Å². The number of aromatic nitrogens is 2. The largest absolute Gasteiger partial charge is 0.494 e. The Hall–Kier alpha value is -3.55. The monoisotopic (exact) mass is 552 g/mol. The number of amides is 2. The first-order chi connectivity index (χ1) is 18.3. The molecule has 0 fully saturated rings. The number of rotatable bonds is 9. The molecule has 3 aromatic carbocycles. The second kappa shape index (κ2) is 12.3. The molecule has 0 aliphatic heterocycles. The summed E-state index contributed by atoms with van der Waals surface area (Å²) in [7, 11) is 0. The van der Waals surface area contributed by atoms with Crippen LogP contribution in [0, 0.1) is 0 Å². The summed E-state index contributed by atoms with van der Waals surface area (Å²) in [6.07, 6.45) is 1.67. The van der Waals surface area contributed by atoms with Crippen LogP contribution in [0.4, 0.5) is 10.5 Å². The van der Waals surface area contributed by atoms with E-state index in [1.54, 1.807) is 33.7 Å². The van der Waals surface area contributed by atoms with Crippen molar-refractivity contribution in [2.24, 2.45) is 0 Å². The molecule has 38 heavy (non-hydrogen) atoms. The van der Waals surface area contributed by atoms with E-state index in [1.807, 2.05) is 56.3 Å². The Balaban J connectivity index is 1.80. The van der Waals surface area contributed by atoms with Gasteiger partial charge in [-0.3, -0.25) is 9.36 Å². The second-order valence-corrected chi connectivity index (χ2v) is 9.65. The van der Waals surface area contributed by atoms with Gasteiger partial charge >= 0.3 is 6.03 Å². The topological polar surface area (TPSA) is 76.5 Å². The third-order valence-electron chi connectivity index (χ3n) is 6.23. The quantitative estimate of drug-likeness (QED) is 0.233. The lowest BCUT2D eigenvalue weighted by atomic mass is 10.1.